The number of aromatic amines is 1. The number of H-pyrrole nitrogens is 1. The van der Waals surface area contributed by atoms with Crippen LogP contribution < -0.4 is 4.60 Å². The number of hydrogen-bond acceptors (Lipinski definition) is 5. The maximum absolute atomic E-state index is 12.9. The Morgan fingerprint density at radius 1 is 1.38 bits per heavy atom. The third-order valence-corrected chi connectivity index (χ3v) is 3.98. The van der Waals surface area contributed by atoms with Crippen LogP contribution >= 0.6 is 0 Å². The summed E-state index contributed by atoms with van der Waals surface area (Å²) in [5.74, 6) is -2.45. The zero-order chi connectivity index (χ0) is 19.1. The van der Waals surface area contributed by atoms with Gasteiger partial charge in [0.05, 0.1) is 23.5 Å². The highest BCUT2D eigenvalue weighted by Gasteiger charge is 2.42. The van der Waals surface area contributed by atoms with Gasteiger partial charge in [-0.1, -0.05) is 34.1 Å². The summed E-state index contributed by atoms with van der Waals surface area (Å²) in [6.07, 6.45) is -2.17. The SMILES string of the molecule is N#CC(c1cccc(C(F)(F)F)c1)C1C=Cc2c([nH]o[n+]2=O)C1=[N+]([O-])[O-]. The fourth-order valence-electron chi connectivity index (χ4n) is 2.81. The van der Waals surface area contributed by atoms with Crippen molar-refractivity contribution in [1.82, 2.24) is 5.16 Å². The highest BCUT2D eigenvalue weighted by atomic mass is 19.4. The summed E-state index contributed by atoms with van der Waals surface area (Å²) in [4.78, 5) is 10.6. The van der Waals surface area contributed by atoms with Crippen molar-refractivity contribution in [3.63, 3.8) is 0 Å². The first-order valence-corrected chi connectivity index (χ1v) is 7.15. The molecular weight excluding hydrogens is 357 g/mol. The summed E-state index contributed by atoms with van der Waals surface area (Å²) in [5.41, 5.74) is -1.92. The molecule has 0 amide bonds. The number of allylic oxidation sites excluding steroid dienone is 1. The third kappa shape index (κ3) is 2.81. The van der Waals surface area contributed by atoms with E-state index in [4.69, 9.17) is 0 Å². The molecule has 8 nitrogen and oxygen atoms in total. The average molecular weight is 366 g/mol. The van der Waals surface area contributed by atoms with Crippen LogP contribution in [-0.2, 0) is 6.18 Å². The monoisotopic (exact) mass is 366 g/mol. The molecule has 1 aromatic heterocycles. The predicted octanol–water partition coefficient (Wildman–Crippen LogP) is 2.29. The molecule has 0 radical (unpaired) electrons. The van der Waals surface area contributed by atoms with Gasteiger partial charge in [0.1, 0.15) is 0 Å². The summed E-state index contributed by atoms with van der Waals surface area (Å²) >= 11 is 0. The van der Waals surface area contributed by atoms with Gasteiger partial charge in [-0.15, -0.1) is 0 Å². The number of fused-ring (bicyclic) bond motifs is 1. The van der Waals surface area contributed by atoms with Crippen LogP contribution in [0.1, 0.15) is 28.4 Å². The molecular formula is C15H9F3N4O4. The number of halogens is 3. The number of nitriles is 1. The Morgan fingerprint density at radius 2 is 2.12 bits per heavy atom. The Labute approximate surface area is 142 Å². The molecule has 0 spiro atoms. The van der Waals surface area contributed by atoms with Crippen molar-refractivity contribution < 1.29 is 27.3 Å². The van der Waals surface area contributed by atoms with Crippen LogP contribution in [0.25, 0.3) is 6.08 Å². The van der Waals surface area contributed by atoms with E-state index in [0.29, 0.717) is 0 Å². The lowest BCUT2D eigenvalue weighted by Gasteiger charge is -2.22. The average Bonchev–Trinajstić information content (AvgIpc) is 2.96. The molecule has 3 rings (SSSR count). The summed E-state index contributed by atoms with van der Waals surface area (Å²) in [7, 11) is 0. The van der Waals surface area contributed by atoms with E-state index in [2.05, 4.69) is 9.79 Å². The molecule has 1 aromatic carbocycles. The highest BCUT2D eigenvalue weighted by molar-refractivity contribution is 6.03. The molecule has 1 aliphatic rings. The minimum atomic E-state index is -4.62. The molecule has 1 heterocycles. The van der Waals surface area contributed by atoms with Crippen LogP contribution in [0, 0.1) is 32.6 Å². The van der Waals surface area contributed by atoms with E-state index in [1.54, 1.807) is 0 Å². The second-order valence-corrected chi connectivity index (χ2v) is 5.47. The lowest BCUT2D eigenvalue weighted by molar-refractivity contribution is -0.714. The zero-order valence-corrected chi connectivity index (χ0v) is 12.7. The fourth-order valence-corrected chi connectivity index (χ4v) is 2.81. The maximum atomic E-state index is 12.9. The van der Waals surface area contributed by atoms with Crippen molar-refractivity contribution in [3.8, 4) is 6.07 Å². The van der Waals surface area contributed by atoms with E-state index >= 15 is 0 Å². The van der Waals surface area contributed by atoms with Crippen molar-refractivity contribution in [2.45, 2.75) is 12.1 Å². The minimum Gasteiger partial charge on any atom is -0.612 e. The third-order valence-electron chi connectivity index (χ3n) is 3.98. The van der Waals surface area contributed by atoms with Gasteiger partial charge in [0.15, 0.2) is 4.60 Å². The number of rotatable bonds is 2. The Kier molecular flexibility index (Phi) is 4.03. The molecule has 1 N–H and O–H groups in total. The first kappa shape index (κ1) is 17.3. The van der Waals surface area contributed by atoms with Crippen molar-refractivity contribution >= 4 is 11.8 Å². The molecule has 0 bridgehead atoms. The number of alkyl halides is 3. The summed E-state index contributed by atoms with van der Waals surface area (Å²) < 4.78 is 43.2. The summed E-state index contributed by atoms with van der Waals surface area (Å²) in [6.45, 7) is 0. The first-order valence-electron chi connectivity index (χ1n) is 7.15. The van der Waals surface area contributed by atoms with Crippen LogP contribution in [-0.4, -0.2) is 15.8 Å². The lowest BCUT2D eigenvalue weighted by Crippen LogP contribution is -2.31. The number of aromatic nitrogens is 2. The quantitative estimate of drug-likeness (QED) is 0.645. The largest absolute Gasteiger partial charge is 0.612 e. The van der Waals surface area contributed by atoms with E-state index in [1.165, 1.54) is 18.2 Å². The van der Waals surface area contributed by atoms with E-state index in [-0.39, 0.29) is 21.6 Å². The molecule has 0 saturated heterocycles. The topological polar surface area (TPSA) is 125 Å². The van der Waals surface area contributed by atoms with Gasteiger partial charge in [0, 0.05) is 0 Å². The molecule has 134 valence electrons. The molecule has 1 aliphatic carbocycles. The van der Waals surface area contributed by atoms with Crippen molar-refractivity contribution in [1.29, 1.82) is 5.26 Å². The normalized spacial score (nSPS) is 17.5. The van der Waals surface area contributed by atoms with Gasteiger partial charge in [-0.2, -0.15) is 23.3 Å². The molecule has 0 fully saturated rings. The number of hydrogen-bond donors (Lipinski definition) is 1. The zero-order valence-electron chi connectivity index (χ0n) is 12.7. The summed E-state index contributed by atoms with van der Waals surface area (Å²) in [6, 6.07) is 5.85. The van der Waals surface area contributed by atoms with Crippen LogP contribution in [0.2, 0.25) is 0 Å². The lowest BCUT2D eigenvalue weighted by atomic mass is 9.79. The molecule has 0 aliphatic heterocycles. The van der Waals surface area contributed by atoms with Gasteiger partial charge in [-0.05, 0) is 22.6 Å². The Bertz CT molecular complexity index is 1010. The second-order valence-electron chi connectivity index (χ2n) is 5.47. The molecule has 11 heteroatoms. The maximum Gasteiger partial charge on any atom is 0.416 e. The standard InChI is InChI=1S/C15H9F3N4O4/c16-15(17,18)9-3-1-2-8(6-9)11(7-19)10-4-5-12-13(14(10)21(23)24)20-26-22(12)25/h1-6,10-11,20H. The molecule has 2 unspecified atom stereocenters. The predicted molar refractivity (Wildman–Crippen MR) is 79.9 cm³/mol. The van der Waals surface area contributed by atoms with E-state index in [1.807, 2.05) is 6.07 Å². The Hall–Kier alpha value is -3.55. The second kappa shape index (κ2) is 6.07. The van der Waals surface area contributed by atoms with Gasteiger partial charge in [0.25, 0.3) is 17.1 Å². The highest BCUT2D eigenvalue weighted by Crippen LogP contribution is 2.35. The van der Waals surface area contributed by atoms with Crippen molar-refractivity contribution in [2.75, 3.05) is 0 Å². The van der Waals surface area contributed by atoms with Crippen LogP contribution in [0.3, 0.4) is 0 Å². The van der Waals surface area contributed by atoms with E-state index in [0.717, 1.165) is 18.2 Å². The van der Waals surface area contributed by atoms with Gasteiger partial charge in [-0.25, -0.2) is 0 Å². The Morgan fingerprint density at radius 3 is 2.73 bits per heavy atom. The van der Waals surface area contributed by atoms with Gasteiger partial charge in [-0.3, -0.25) is 0 Å². The van der Waals surface area contributed by atoms with Gasteiger partial charge >= 0.3 is 6.18 Å². The molecule has 2 atom stereocenters. The van der Waals surface area contributed by atoms with Crippen LogP contribution in [0.4, 0.5) is 13.2 Å². The van der Waals surface area contributed by atoms with Crippen molar-refractivity contribution in [2.24, 2.45) is 5.92 Å². The van der Waals surface area contributed by atoms with Crippen molar-refractivity contribution in [3.05, 3.63) is 68.2 Å². The van der Waals surface area contributed by atoms with Gasteiger partial charge < -0.3 is 10.4 Å². The minimum absolute atomic E-state index is 0.0250. The summed E-state index contributed by atoms with van der Waals surface area (Å²) in [5, 5.41) is 34.6. The smallest absolute Gasteiger partial charge is 0.416 e. The van der Waals surface area contributed by atoms with Gasteiger partial charge in [0.2, 0.25) is 0 Å². The van der Waals surface area contributed by atoms with Crippen LogP contribution in [0.5, 0.6) is 0 Å². The molecule has 26 heavy (non-hydrogen) atoms. The van der Waals surface area contributed by atoms with E-state index in [9.17, 15) is 33.8 Å². The van der Waals surface area contributed by atoms with Crippen LogP contribution in [0.15, 0.2) is 35.0 Å². The van der Waals surface area contributed by atoms with E-state index < -0.39 is 34.2 Å². The molecule has 2 aromatic rings. The Balaban J connectivity index is 2.11. The molecule has 0 saturated carbocycles. The first-order chi connectivity index (χ1) is 12.2. The fraction of sp³-hybridized carbons (Fsp3) is 0.200. The number of benzene rings is 1. The number of nitrogens with zero attached hydrogens (tertiary/aromatic N) is 3. The number of nitrogens with one attached hydrogen (secondary N) is 1.